The van der Waals surface area contributed by atoms with Crippen molar-refractivity contribution in [2.75, 3.05) is 13.7 Å². The van der Waals surface area contributed by atoms with Gasteiger partial charge in [-0.25, -0.2) is 4.99 Å². The van der Waals surface area contributed by atoms with E-state index in [1.807, 2.05) is 24.3 Å². The lowest BCUT2D eigenvalue weighted by molar-refractivity contribution is -0.137. The Kier molecular flexibility index (Phi) is 3.82. The van der Waals surface area contributed by atoms with Gasteiger partial charge in [0.15, 0.2) is 5.90 Å². The van der Waals surface area contributed by atoms with Gasteiger partial charge < -0.3 is 14.6 Å². The van der Waals surface area contributed by atoms with Crippen molar-refractivity contribution in [3.8, 4) is 5.75 Å². The van der Waals surface area contributed by atoms with E-state index in [4.69, 9.17) is 14.6 Å². The number of hydrogen-bond acceptors (Lipinski definition) is 4. The van der Waals surface area contributed by atoms with Crippen LogP contribution >= 0.6 is 0 Å². The second-order valence-corrected chi connectivity index (χ2v) is 4.11. The molecule has 1 heterocycles. The average Bonchev–Trinajstić information content (AvgIpc) is 2.76. The molecular weight excluding hydrogens is 234 g/mol. The summed E-state index contributed by atoms with van der Waals surface area (Å²) in [7, 11) is 1.62. The second-order valence-electron chi connectivity index (χ2n) is 4.11. The molecule has 1 atom stereocenters. The number of nitrogens with zero attached hydrogens (tertiary/aromatic N) is 1. The van der Waals surface area contributed by atoms with E-state index in [1.54, 1.807) is 7.11 Å². The quantitative estimate of drug-likeness (QED) is 0.858. The molecule has 1 unspecified atom stereocenters. The van der Waals surface area contributed by atoms with E-state index in [0.29, 0.717) is 18.9 Å². The number of carboxylic acid groups (broad SMARTS) is 1. The first-order valence-electron chi connectivity index (χ1n) is 5.71. The number of rotatable bonds is 5. The van der Waals surface area contributed by atoms with Gasteiger partial charge in [-0.2, -0.15) is 0 Å². The fraction of sp³-hybridized carbons (Fsp3) is 0.385. The van der Waals surface area contributed by atoms with Gasteiger partial charge in [0, 0.05) is 6.42 Å². The standard InChI is InChI=1S/C13H15NO4/c1-17-11-4-2-3-9(5-11)6-12-14-10(8-18-12)7-13(15)16/h2-5,10H,6-8H2,1H3,(H,15,16). The summed E-state index contributed by atoms with van der Waals surface area (Å²) >= 11 is 0. The van der Waals surface area contributed by atoms with Crippen LogP contribution in [0.2, 0.25) is 0 Å². The van der Waals surface area contributed by atoms with Crippen LogP contribution in [0.1, 0.15) is 12.0 Å². The Hall–Kier alpha value is -2.04. The van der Waals surface area contributed by atoms with Crippen LogP contribution in [0.25, 0.3) is 0 Å². The summed E-state index contributed by atoms with van der Waals surface area (Å²) < 4.78 is 10.5. The van der Waals surface area contributed by atoms with E-state index in [0.717, 1.165) is 11.3 Å². The van der Waals surface area contributed by atoms with Crippen molar-refractivity contribution in [1.82, 2.24) is 0 Å². The zero-order valence-corrected chi connectivity index (χ0v) is 10.1. The Balaban J connectivity index is 1.99. The maximum Gasteiger partial charge on any atom is 0.305 e. The summed E-state index contributed by atoms with van der Waals surface area (Å²) in [5, 5.41) is 8.68. The zero-order valence-electron chi connectivity index (χ0n) is 10.1. The number of ether oxygens (including phenoxy) is 2. The van der Waals surface area contributed by atoms with Crippen LogP contribution in [-0.4, -0.2) is 36.7 Å². The molecular formula is C13H15NO4. The monoisotopic (exact) mass is 249 g/mol. The van der Waals surface area contributed by atoms with Crippen molar-refractivity contribution < 1.29 is 19.4 Å². The Morgan fingerprint density at radius 1 is 1.61 bits per heavy atom. The fourth-order valence-electron chi connectivity index (χ4n) is 1.83. The number of hydrogen-bond donors (Lipinski definition) is 1. The predicted molar refractivity (Wildman–Crippen MR) is 66.1 cm³/mol. The lowest BCUT2D eigenvalue weighted by Gasteiger charge is -2.04. The predicted octanol–water partition coefficient (Wildman–Crippen LogP) is 1.51. The maximum absolute atomic E-state index is 10.6. The molecule has 0 radical (unpaired) electrons. The molecule has 0 amide bonds. The summed E-state index contributed by atoms with van der Waals surface area (Å²) in [5.41, 5.74) is 1.03. The van der Waals surface area contributed by atoms with Gasteiger partial charge in [-0.05, 0) is 17.7 Å². The Bertz CT molecular complexity index is 470. The van der Waals surface area contributed by atoms with Crippen LogP contribution in [0.4, 0.5) is 0 Å². The molecule has 0 aliphatic carbocycles. The second kappa shape index (κ2) is 5.53. The lowest BCUT2D eigenvalue weighted by Crippen LogP contribution is -2.12. The van der Waals surface area contributed by atoms with E-state index < -0.39 is 5.97 Å². The van der Waals surface area contributed by atoms with Crippen molar-refractivity contribution in [1.29, 1.82) is 0 Å². The molecule has 1 aliphatic rings. The van der Waals surface area contributed by atoms with E-state index in [9.17, 15) is 4.79 Å². The molecule has 1 aliphatic heterocycles. The summed E-state index contributed by atoms with van der Waals surface area (Å²) in [6.45, 7) is 0.353. The molecule has 0 aromatic heterocycles. The van der Waals surface area contributed by atoms with Crippen LogP contribution in [-0.2, 0) is 16.0 Å². The minimum absolute atomic E-state index is 0.0155. The van der Waals surface area contributed by atoms with Crippen molar-refractivity contribution in [2.24, 2.45) is 4.99 Å². The number of carboxylic acids is 1. The van der Waals surface area contributed by atoms with Gasteiger partial charge in [-0.15, -0.1) is 0 Å². The minimum atomic E-state index is -0.852. The molecule has 0 bridgehead atoms. The van der Waals surface area contributed by atoms with E-state index in [-0.39, 0.29) is 12.5 Å². The SMILES string of the molecule is COc1cccc(CC2=NC(CC(=O)O)CO2)c1. The molecule has 0 saturated carbocycles. The van der Waals surface area contributed by atoms with Crippen molar-refractivity contribution >= 4 is 11.9 Å². The Labute approximate surface area is 105 Å². The van der Waals surface area contributed by atoms with Gasteiger partial charge in [0.2, 0.25) is 0 Å². The van der Waals surface area contributed by atoms with Gasteiger partial charge in [0.25, 0.3) is 0 Å². The third-order valence-corrected chi connectivity index (χ3v) is 2.67. The van der Waals surface area contributed by atoms with Gasteiger partial charge in [0.05, 0.1) is 19.6 Å². The molecule has 96 valence electrons. The number of aliphatic imine (C=N–C) groups is 1. The highest BCUT2D eigenvalue weighted by molar-refractivity contribution is 5.81. The lowest BCUT2D eigenvalue weighted by atomic mass is 10.1. The number of carbonyl (C=O) groups is 1. The number of benzene rings is 1. The minimum Gasteiger partial charge on any atom is -0.497 e. The van der Waals surface area contributed by atoms with E-state index >= 15 is 0 Å². The molecule has 0 fully saturated rings. The number of aliphatic carboxylic acids is 1. The molecule has 18 heavy (non-hydrogen) atoms. The first-order chi connectivity index (χ1) is 8.67. The van der Waals surface area contributed by atoms with Gasteiger partial charge >= 0.3 is 5.97 Å². The zero-order chi connectivity index (χ0) is 13.0. The Morgan fingerprint density at radius 2 is 2.44 bits per heavy atom. The summed E-state index contributed by atoms with van der Waals surface area (Å²) in [6, 6.07) is 7.38. The first kappa shape index (κ1) is 12.4. The molecule has 5 nitrogen and oxygen atoms in total. The van der Waals surface area contributed by atoms with Gasteiger partial charge in [0.1, 0.15) is 12.4 Å². The molecule has 1 aromatic carbocycles. The highest BCUT2D eigenvalue weighted by atomic mass is 16.5. The molecule has 0 saturated heterocycles. The number of methoxy groups -OCH3 is 1. The van der Waals surface area contributed by atoms with Crippen LogP contribution in [0.15, 0.2) is 29.3 Å². The van der Waals surface area contributed by atoms with Crippen LogP contribution in [0.5, 0.6) is 5.75 Å². The molecule has 1 aromatic rings. The van der Waals surface area contributed by atoms with Crippen molar-refractivity contribution in [2.45, 2.75) is 18.9 Å². The van der Waals surface area contributed by atoms with Gasteiger partial charge in [-0.3, -0.25) is 4.79 Å². The topological polar surface area (TPSA) is 68.1 Å². The normalized spacial score (nSPS) is 18.1. The molecule has 1 N–H and O–H groups in total. The highest BCUT2D eigenvalue weighted by Gasteiger charge is 2.21. The fourth-order valence-corrected chi connectivity index (χ4v) is 1.83. The van der Waals surface area contributed by atoms with Crippen LogP contribution in [0.3, 0.4) is 0 Å². The molecule has 5 heteroatoms. The Morgan fingerprint density at radius 3 is 3.17 bits per heavy atom. The largest absolute Gasteiger partial charge is 0.497 e. The summed E-state index contributed by atoms with van der Waals surface area (Å²) in [4.78, 5) is 14.8. The molecule has 2 rings (SSSR count). The van der Waals surface area contributed by atoms with Crippen LogP contribution < -0.4 is 4.74 Å². The smallest absolute Gasteiger partial charge is 0.305 e. The third-order valence-electron chi connectivity index (χ3n) is 2.67. The van der Waals surface area contributed by atoms with Crippen LogP contribution in [0, 0.1) is 0 Å². The molecule has 0 spiro atoms. The third kappa shape index (κ3) is 3.23. The van der Waals surface area contributed by atoms with Crippen molar-refractivity contribution in [3.63, 3.8) is 0 Å². The average molecular weight is 249 g/mol. The summed E-state index contributed by atoms with van der Waals surface area (Å²) in [6.07, 6.45) is 0.578. The van der Waals surface area contributed by atoms with Gasteiger partial charge in [-0.1, -0.05) is 12.1 Å². The van der Waals surface area contributed by atoms with E-state index in [1.165, 1.54) is 0 Å². The van der Waals surface area contributed by atoms with Crippen molar-refractivity contribution in [3.05, 3.63) is 29.8 Å². The van der Waals surface area contributed by atoms with E-state index in [2.05, 4.69) is 4.99 Å². The maximum atomic E-state index is 10.6. The highest BCUT2D eigenvalue weighted by Crippen LogP contribution is 2.16. The summed E-state index contributed by atoms with van der Waals surface area (Å²) in [5.74, 6) is 0.526. The first-order valence-corrected chi connectivity index (χ1v) is 5.71.